The summed E-state index contributed by atoms with van der Waals surface area (Å²) in [5, 5.41) is 6.61. The SMILES string of the molecule is Cl[SiH2]c1c2ccccc2cc2ccccc12. The zero-order valence-electron chi connectivity index (χ0n) is 8.78. The molecule has 3 aromatic carbocycles. The quantitative estimate of drug-likeness (QED) is 0.350. The number of hydrogen-bond donors (Lipinski definition) is 0. The maximum Gasteiger partial charge on any atom is 0.157 e. The number of halogens is 1. The molecule has 0 amide bonds. The Balaban J connectivity index is 2.56. The summed E-state index contributed by atoms with van der Waals surface area (Å²) in [5.74, 6) is 0. The van der Waals surface area contributed by atoms with Crippen LogP contribution in [0.25, 0.3) is 21.5 Å². The van der Waals surface area contributed by atoms with E-state index in [1.807, 2.05) is 0 Å². The Morgan fingerprint density at radius 3 is 1.75 bits per heavy atom. The Morgan fingerprint density at radius 2 is 1.25 bits per heavy atom. The molecule has 0 saturated carbocycles. The van der Waals surface area contributed by atoms with E-state index in [0.717, 1.165) is 0 Å². The topological polar surface area (TPSA) is 0 Å². The van der Waals surface area contributed by atoms with E-state index < -0.39 is 8.83 Å². The largest absolute Gasteiger partial charge is 0.170 e. The molecule has 0 unspecified atom stereocenters. The van der Waals surface area contributed by atoms with Crippen LogP contribution in [0.5, 0.6) is 0 Å². The van der Waals surface area contributed by atoms with Crippen molar-refractivity contribution in [3.63, 3.8) is 0 Å². The van der Waals surface area contributed by atoms with Gasteiger partial charge in [-0.25, -0.2) is 0 Å². The van der Waals surface area contributed by atoms with Crippen molar-refractivity contribution in [2.75, 3.05) is 0 Å². The van der Waals surface area contributed by atoms with E-state index in [-0.39, 0.29) is 0 Å². The highest BCUT2D eigenvalue weighted by molar-refractivity contribution is 7.03. The molecule has 0 nitrogen and oxygen atoms in total. The molecular weight excluding hydrogens is 232 g/mol. The predicted octanol–water partition coefficient (Wildman–Crippen LogP) is 2.94. The Labute approximate surface area is 101 Å². The van der Waals surface area contributed by atoms with Crippen molar-refractivity contribution >= 4 is 46.6 Å². The van der Waals surface area contributed by atoms with Crippen molar-refractivity contribution in [2.24, 2.45) is 0 Å². The van der Waals surface area contributed by atoms with Gasteiger partial charge in [-0.1, -0.05) is 48.5 Å². The first-order valence-electron chi connectivity index (χ1n) is 5.35. The van der Waals surface area contributed by atoms with Crippen molar-refractivity contribution in [3.05, 3.63) is 54.6 Å². The van der Waals surface area contributed by atoms with E-state index in [1.165, 1.54) is 26.7 Å². The van der Waals surface area contributed by atoms with E-state index in [1.54, 1.807) is 0 Å². The minimum atomic E-state index is -0.680. The van der Waals surface area contributed by atoms with E-state index in [0.29, 0.717) is 0 Å². The predicted molar refractivity (Wildman–Crippen MR) is 75.5 cm³/mol. The summed E-state index contributed by atoms with van der Waals surface area (Å²) < 4.78 is 0. The van der Waals surface area contributed by atoms with Gasteiger partial charge in [0.1, 0.15) is 0 Å². The van der Waals surface area contributed by atoms with Crippen LogP contribution in [-0.2, 0) is 0 Å². The van der Waals surface area contributed by atoms with Crippen LogP contribution >= 0.6 is 11.1 Å². The van der Waals surface area contributed by atoms with Gasteiger partial charge >= 0.3 is 0 Å². The molecule has 0 N–H and O–H groups in total. The van der Waals surface area contributed by atoms with Gasteiger partial charge in [0, 0.05) is 0 Å². The van der Waals surface area contributed by atoms with E-state index >= 15 is 0 Å². The molecule has 0 bridgehead atoms. The third-order valence-corrected chi connectivity index (χ3v) is 4.85. The fourth-order valence-electron chi connectivity index (χ4n) is 2.25. The summed E-state index contributed by atoms with van der Waals surface area (Å²) in [5.41, 5.74) is 0. The van der Waals surface area contributed by atoms with Gasteiger partial charge in [-0.15, -0.1) is 0 Å². The number of rotatable bonds is 1. The fourth-order valence-corrected chi connectivity index (χ4v) is 4.05. The molecule has 2 heteroatoms. The Morgan fingerprint density at radius 1 is 0.750 bits per heavy atom. The third kappa shape index (κ3) is 1.44. The van der Waals surface area contributed by atoms with Crippen molar-refractivity contribution in [2.45, 2.75) is 0 Å². The highest BCUT2D eigenvalue weighted by Crippen LogP contribution is 2.20. The van der Waals surface area contributed by atoms with Crippen molar-refractivity contribution in [3.8, 4) is 0 Å². The summed E-state index contributed by atoms with van der Waals surface area (Å²) in [7, 11) is -0.680. The minimum Gasteiger partial charge on any atom is -0.170 e. The average molecular weight is 243 g/mol. The Hall–Kier alpha value is -1.31. The van der Waals surface area contributed by atoms with E-state index in [4.69, 9.17) is 11.1 Å². The van der Waals surface area contributed by atoms with Crippen LogP contribution in [0.3, 0.4) is 0 Å². The molecule has 3 rings (SSSR count). The van der Waals surface area contributed by atoms with Crippen LogP contribution < -0.4 is 5.19 Å². The van der Waals surface area contributed by atoms with Crippen LogP contribution in [0.4, 0.5) is 0 Å². The number of fused-ring (bicyclic) bond motifs is 2. The smallest absolute Gasteiger partial charge is 0.157 e. The van der Waals surface area contributed by atoms with Crippen LogP contribution in [0, 0.1) is 0 Å². The van der Waals surface area contributed by atoms with Gasteiger partial charge in [0.25, 0.3) is 0 Å². The van der Waals surface area contributed by atoms with Gasteiger partial charge in [-0.3, -0.25) is 0 Å². The lowest BCUT2D eigenvalue weighted by Crippen LogP contribution is -2.11. The van der Waals surface area contributed by atoms with Crippen molar-refractivity contribution in [1.29, 1.82) is 0 Å². The molecule has 0 fully saturated rings. The number of benzene rings is 3. The molecular formula is C14H11ClSi. The van der Waals surface area contributed by atoms with Gasteiger partial charge in [-0.2, -0.15) is 11.1 Å². The van der Waals surface area contributed by atoms with Crippen LogP contribution in [0.1, 0.15) is 0 Å². The first kappa shape index (κ1) is 9.88. The normalized spacial score (nSPS) is 11.8. The lowest BCUT2D eigenvalue weighted by atomic mass is 10.0. The lowest BCUT2D eigenvalue weighted by Gasteiger charge is -2.08. The molecule has 0 radical (unpaired) electrons. The van der Waals surface area contributed by atoms with Gasteiger partial charge in [-0.05, 0) is 32.8 Å². The van der Waals surface area contributed by atoms with Gasteiger partial charge in [0.2, 0.25) is 0 Å². The second kappa shape index (κ2) is 3.93. The maximum atomic E-state index is 6.22. The molecule has 0 aliphatic carbocycles. The molecule has 0 aliphatic rings. The Kier molecular flexibility index (Phi) is 2.42. The molecule has 0 aromatic heterocycles. The fraction of sp³-hybridized carbons (Fsp3) is 0. The third-order valence-electron chi connectivity index (χ3n) is 3.02. The second-order valence-corrected chi connectivity index (χ2v) is 5.71. The first-order valence-corrected chi connectivity index (χ1v) is 8.20. The first-order chi connectivity index (χ1) is 7.90. The lowest BCUT2D eigenvalue weighted by molar-refractivity contribution is 1.78. The number of hydrogen-bond acceptors (Lipinski definition) is 0. The molecule has 3 aromatic rings. The average Bonchev–Trinajstić information content (AvgIpc) is 2.36. The molecule has 0 heterocycles. The standard InChI is InChI=1S/C14H11ClSi/c15-16-14-12-7-3-1-5-10(12)9-11-6-2-4-8-13(11)14/h1-9H,16H2. The Bertz CT molecular complexity index is 607. The summed E-state index contributed by atoms with van der Waals surface area (Å²) in [6.07, 6.45) is 0. The van der Waals surface area contributed by atoms with E-state index in [9.17, 15) is 0 Å². The summed E-state index contributed by atoms with van der Waals surface area (Å²) in [6, 6.07) is 19.2. The molecule has 0 aliphatic heterocycles. The zero-order valence-corrected chi connectivity index (χ0v) is 11.0. The van der Waals surface area contributed by atoms with Crippen LogP contribution in [0.15, 0.2) is 54.6 Å². The molecule has 0 saturated heterocycles. The van der Waals surface area contributed by atoms with Gasteiger partial charge in [0.05, 0.1) is 0 Å². The van der Waals surface area contributed by atoms with Crippen molar-refractivity contribution < 1.29 is 0 Å². The zero-order chi connectivity index (χ0) is 11.0. The summed E-state index contributed by atoms with van der Waals surface area (Å²) in [6.45, 7) is 0. The summed E-state index contributed by atoms with van der Waals surface area (Å²) in [4.78, 5) is 0. The monoisotopic (exact) mass is 242 g/mol. The molecule has 0 atom stereocenters. The highest BCUT2D eigenvalue weighted by Gasteiger charge is 2.05. The summed E-state index contributed by atoms with van der Waals surface area (Å²) >= 11 is 6.22. The maximum absolute atomic E-state index is 6.22. The molecule has 78 valence electrons. The van der Waals surface area contributed by atoms with Crippen LogP contribution in [-0.4, -0.2) is 8.83 Å². The van der Waals surface area contributed by atoms with Crippen molar-refractivity contribution in [1.82, 2.24) is 0 Å². The van der Waals surface area contributed by atoms with Crippen LogP contribution in [0.2, 0.25) is 0 Å². The second-order valence-electron chi connectivity index (χ2n) is 3.93. The molecule has 16 heavy (non-hydrogen) atoms. The van der Waals surface area contributed by atoms with Gasteiger partial charge < -0.3 is 0 Å². The van der Waals surface area contributed by atoms with Gasteiger partial charge in [0.15, 0.2) is 8.83 Å². The minimum absolute atomic E-state index is 0.680. The molecule has 0 spiro atoms. The van der Waals surface area contributed by atoms with E-state index in [2.05, 4.69) is 54.6 Å². The highest BCUT2D eigenvalue weighted by atomic mass is 35.6.